The number of aliphatic hydroxyl groups excluding tert-OH is 5. The fourth-order valence-electron chi connectivity index (χ4n) is 12.0. The zero-order chi connectivity index (χ0) is 66.7. The number of aliphatic hydroxyl groups is 5. The predicted octanol–water partition coefficient (Wildman–Crippen LogP) is 20.8. The van der Waals surface area contributed by atoms with Gasteiger partial charge in [-0.15, -0.1) is 0 Å². The molecule has 6 N–H and O–H groups in total. The number of carbonyl (C=O) groups is 2. The van der Waals surface area contributed by atoms with Gasteiger partial charge in [0.25, 0.3) is 0 Å². The van der Waals surface area contributed by atoms with E-state index in [1.807, 2.05) is 6.08 Å². The predicted molar refractivity (Wildman–Crippen MR) is 389 cm³/mol. The van der Waals surface area contributed by atoms with E-state index in [4.69, 9.17) is 14.2 Å². The molecule has 1 fully saturated rings. The van der Waals surface area contributed by atoms with E-state index >= 15 is 0 Å². The summed E-state index contributed by atoms with van der Waals surface area (Å²) in [6.45, 7) is 5.72. The van der Waals surface area contributed by atoms with Gasteiger partial charge in [-0.25, -0.2) is 0 Å². The third-order valence-corrected chi connectivity index (χ3v) is 18.0. The van der Waals surface area contributed by atoms with Gasteiger partial charge >= 0.3 is 5.97 Å². The van der Waals surface area contributed by atoms with Crippen molar-refractivity contribution in [2.24, 2.45) is 0 Å². The second-order valence-electron chi connectivity index (χ2n) is 26.7. The Morgan fingerprint density at radius 1 is 0.435 bits per heavy atom. The van der Waals surface area contributed by atoms with Crippen molar-refractivity contribution in [3.8, 4) is 0 Å². The number of esters is 1. The SMILES string of the molecule is CC/C=C\C/C=C\C/C=C\C/C=C\C/C=C\CCCCCCCCCCCC(=O)OC1C(OCC(NC(=O)C(O)CCCCCCCCCCCCCCCCCC/C=C/CCCCCCCC)C(O)/C=C/CCCCCCCCCCCC)OC(CO)C(O)C1O. The normalized spacial score (nSPS) is 18.4. The summed E-state index contributed by atoms with van der Waals surface area (Å²) in [4.78, 5) is 26.8. The lowest BCUT2D eigenvalue weighted by atomic mass is 9.99. The molecule has 8 atom stereocenters. The van der Waals surface area contributed by atoms with Crippen LogP contribution >= 0.6 is 0 Å². The summed E-state index contributed by atoms with van der Waals surface area (Å²) in [6, 6.07) is -1.03. The molecule has 0 saturated carbocycles. The molecule has 1 heterocycles. The van der Waals surface area contributed by atoms with E-state index in [9.17, 15) is 35.1 Å². The van der Waals surface area contributed by atoms with Crippen LogP contribution in [0.3, 0.4) is 0 Å². The number of rotatable bonds is 67. The molecule has 92 heavy (non-hydrogen) atoms. The van der Waals surface area contributed by atoms with Crippen LogP contribution < -0.4 is 5.32 Å². The number of allylic oxidation sites excluding steroid dienone is 13. The van der Waals surface area contributed by atoms with Crippen LogP contribution in [0.2, 0.25) is 0 Å². The first-order valence-electron chi connectivity index (χ1n) is 38.9. The summed E-state index contributed by atoms with van der Waals surface area (Å²) in [7, 11) is 0. The third kappa shape index (κ3) is 54.0. The van der Waals surface area contributed by atoms with Gasteiger partial charge in [0.1, 0.15) is 24.4 Å². The van der Waals surface area contributed by atoms with E-state index in [0.717, 1.165) is 103 Å². The minimum atomic E-state index is -1.62. The van der Waals surface area contributed by atoms with Crippen LogP contribution in [0.4, 0.5) is 0 Å². The number of nitrogens with one attached hydrogen (secondary N) is 1. The van der Waals surface area contributed by atoms with Crippen molar-refractivity contribution in [2.75, 3.05) is 13.2 Å². The second-order valence-corrected chi connectivity index (χ2v) is 26.7. The first kappa shape index (κ1) is 86.9. The number of amides is 1. The molecule has 534 valence electrons. The number of carbonyl (C=O) groups excluding carboxylic acids is 2. The van der Waals surface area contributed by atoms with Crippen molar-refractivity contribution in [3.63, 3.8) is 0 Å². The monoisotopic (exact) mass is 1290 g/mol. The molecular formula is C81H145NO10. The quantitative estimate of drug-likeness (QED) is 0.0195. The van der Waals surface area contributed by atoms with Gasteiger partial charge < -0.3 is 45.1 Å². The molecule has 8 unspecified atom stereocenters. The lowest BCUT2D eigenvalue weighted by molar-refractivity contribution is -0.305. The van der Waals surface area contributed by atoms with Crippen molar-refractivity contribution < 1.29 is 49.3 Å². The van der Waals surface area contributed by atoms with Gasteiger partial charge in [0.15, 0.2) is 12.4 Å². The van der Waals surface area contributed by atoms with Gasteiger partial charge in [-0.2, -0.15) is 0 Å². The summed E-state index contributed by atoms with van der Waals surface area (Å²) in [5.74, 6) is -1.19. The van der Waals surface area contributed by atoms with Crippen LogP contribution in [0.25, 0.3) is 0 Å². The first-order chi connectivity index (χ1) is 45.2. The maximum absolute atomic E-state index is 13.5. The first-order valence-corrected chi connectivity index (χ1v) is 38.9. The molecule has 0 aromatic carbocycles. The molecular weight excluding hydrogens is 1150 g/mol. The van der Waals surface area contributed by atoms with E-state index in [1.165, 1.54) is 205 Å². The Hall–Kier alpha value is -3.16. The fourth-order valence-corrected chi connectivity index (χ4v) is 12.0. The Labute approximate surface area is 565 Å². The Morgan fingerprint density at radius 2 is 0.783 bits per heavy atom. The molecule has 0 aromatic heterocycles. The zero-order valence-electron chi connectivity index (χ0n) is 59.7. The number of unbranched alkanes of at least 4 members (excludes halogenated alkanes) is 41. The molecule has 1 saturated heterocycles. The van der Waals surface area contributed by atoms with Crippen molar-refractivity contribution in [2.45, 2.75) is 404 Å². The van der Waals surface area contributed by atoms with E-state index in [2.05, 4.69) is 99.0 Å². The highest BCUT2D eigenvalue weighted by Crippen LogP contribution is 2.27. The van der Waals surface area contributed by atoms with Gasteiger partial charge in [-0.3, -0.25) is 9.59 Å². The van der Waals surface area contributed by atoms with Crippen LogP contribution in [0.15, 0.2) is 85.1 Å². The maximum Gasteiger partial charge on any atom is 0.306 e. The molecule has 11 heteroatoms. The van der Waals surface area contributed by atoms with Crippen LogP contribution in [0.5, 0.6) is 0 Å². The molecule has 1 aliphatic heterocycles. The van der Waals surface area contributed by atoms with Crippen molar-refractivity contribution in [1.82, 2.24) is 5.32 Å². The summed E-state index contributed by atoms with van der Waals surface area (Å²) in [5, 5.41) is 57.4. The molecule has 1 rings (SSSR count). The Morgan fingerprint density at radius 3 is 1.18 bits per heavy atom. The molecule has 0 aliphatic carbocycles. The standard InChI is InChI=1S/C81H145NO10/c1-4-7-10-13-16-19-22-25-27-29-31-33-35-37-39-40-42-44-46-48-50-53-56-59-62-65-68-74(85)80(89)82-72(73(84)67-64-61-58-55-52-24-21-18-15-12-9-6-3)71-90-81-79(78(88)77(87)75(70-83)91-81)92-76(86)69-66-63-60-57-54-51-49-47-45-43-41-38-36-34-32-30-28-26-23-20-17-14-11-8-5-2/h8,11,17,20,25-28,32,34,38,41,64,67,72-75,77-79,81,83-85,87-88H,4-7,9-10,12-16,18-19,21-24,29-31,33,35-37,39-40,42-63,65-66,68-71H2,1-3H3,(H,82,89)/b11-8-,20-17-,27-25+,28-26-,34-32-,41-38-,67-64+. The van der Waals surface area contributed by atoms with E-state index in [0.29, 0.717) is 19.3 Å². The maximum atomic E-state index is 13.5. The molecule has 1 amide bonds. The highest BCUT2D eigenvalue weighted by atomic mass is 16.7. The Kier molecular flexibility index (Phi) is 64.0. The smallest absolute Gasteiger partial charge is 0.306 e. The summed E-state index contributed by atoms with van der Waals surface area (Å²) in [6.07, 6.45) is 80.6. The molecule has 0 bridgehead atoms. The summed E-state index contributed by atoms with van der Waals surface area (Å²) in [5.41, 5.74) is 0. The van der Waals surface area contributed by atoms with Crippen LogP contribution in [-0.2, 0) is 23.8 Å². The van der Waals surface area contributed by atoms with Crippen molar-refractivity contribution in [3.05, 3.63) is 85.1 Å². The Bertz CT molecular complexity index is 1830. The molecule has 0 radical (unpaired) electrons. The summed E-state index contributed by atoms with van der Waals surface area (Å²) >= 11 is 0. The minimum Gasteiger partial charge on any atom is -0.454 e. The lowest BCUT2D eigenvalue weighted by Gasteiger charge is -2.41. The lowest BCUT2D eigenvalue weighted by Crippen LogP contribution is -2.61. The van der Waals surface area contributed by atoms with Crippen LogP contribution in [0.1, 0.15) is 355 Å². The fraction of sp³-hybridized carbons (Fsp3) is 0.802. The van der Waals surface area contributed by atoms with Crippen LogP contribution in [0, 0.1) is 0 Å². The highest BCUT2D eigenvalue weighted by Gasteiger charge is 2.47. The van der Waals surface area contributed by atoms with Gasteiger partial charge in [-0.05, 0) is 96.3 Å². The van der Waals surface area contributed by atoms with E-state index in [1.54, 1.807) is 6.08 Å². The molecule has 0 spiro atoms. The van der Waals surface area contributed by atoms with Gasteiger partial charge in [-0.1, -0.05) is 337 Å². The highest BCUT2D eigenvalue weighted by molar-refractivity contribution is 5.80. The third-order valence-electron chi connectivity index (χ3n) is 18.0. The topological polar surface area (TPSA) is 175 Å². The van der Waals surface area contributed by atoms with Crippen LogP contribution in [-0.4, -0.2) is 99.6 Å². The van der Waals surface area contributed by atoms with Gasteiger partial charge in [0.05, 0.1) is 25.4 Å². The molecule has 1 aliphatic rings. The minimum absolute atomic E-state index is 0.114. The zero-order valence-corrected chi connectivity index (χ0v) is 59.7. The van der Waals surface area contributed by atoms with Crippen molar-refractivity contribution in [1.29, 1.82) is 0 Å². The number of ether oxygens (including phenoxy) is 3. The molecule has 0 aromatic rings. The Balaban J connectivity index is 2.51. The molecule has 11 nitrogen and oxygen atoms in total. The van der Waals surface area contributed by atoms with Crippen molar-refractivity contribution >= 4 is 11.9 Å². The largest absolute Gasteiger partial charge is 0.454 e. The average Bonchev–Trinajstić information content (AvgIpc) is 0.875. The van der Waals surface area contributed by atoms with Gasteiger partial charge in [0, 0.05) is 6.42 Å². The second kappa shape index (κ2) is 67.8. The summed E-state index contributed by atoms with van der Waals surface area (Å²) < 4.78 is 17.7. The van der Waals surface area contributed by atoms with E-state index < -0.39 is 67.4 Å². The average molecular weight is 1290 g/mol. The van der Waals surface area contributed by atoms with Gasteiger partial charge in [0.2, 0.25) is 5.91 Å². The van der Waals surface area contributed by atoms with E-state index in [-0.39, 0.29) is 13.0 Å². The number of hydrogen-bond acceptors (Lipinski definition) is 10. The number of hydrogen-bond donors (Lipinski definition) is 6.